The highest BCUT2D eigenvalue weighted by Gasteiger charge is 2.59. The number of rotatable bonds is 27. The van der Waals surface area contributed by atoms with Crippen LogP contribution in [0.2, 0.25) is 0 Å². The Bertz CT molecular complexity index is 4020. The lowest BCUT2D eigenvalue weighted by atomic mass is 9.46. The molecule has 11 saturated carbocycles. The fourth-order valence-corrected chi connectivity index (χ4v) is 20.2. The minimum atomic E-state index is -0.407. The third kappa shape index (κ3) is 42.3. The van der Waals surface area contributed by atoms with Crippen molar-refractivity contribution in [2.24, 2.45) is 46.3 Å². The molecule has 0 aromatic heterocycles. The van der Waals surface area contributed by atoms with Crippen LogP contribution in [0, 0.1) is 46.3 Å². The van der Waals surface area contributed by atoms with E-state index in [-0.39, 0.29) is 121 Å². The van der Waals surface area contributed by atoms with E-state index < -0.39 is 5.60 Å². The van der Waals surface area contributed by atoms with Gasteiger partial charge in [-0.05, 0) is 404 Å². The molecular weight excluding hydrogens is 1740 g/mol. The SMILES string of the molecule is C=C(C)C(=O)OC(C)(C)C.C=C(C)C(=O)OC(C)(C)C12CC3CC(CC(C3)C1)C2.C=C(C)C(=O)OC(C)(C)CC.C=C(C)C(=O)OC1(C(C)(C)C)CCCC1.C=C(C)C(=O)OC1(C(C)C)CCCC1.C=C(C)C(=O)OC1(C(C)C)CCCCC1.C=C(C)C(=O)OC1(C(C)CC)CCCC1.C=C(C)C(=O)OC1(C)CCCC1.C=C(C)C(=O)OC1(CC)CCCC1.C=C(C)C(=O)OC1(CC)CCCCC1. The first-order chi connectivity index (χ1) is 63.5. The van der Waals surface area contributed by atoms with Crippen molar-refractivity contribution in [2.45, 2.75) is 521 Å². The second-order valence-corrected chi connectivity index (χ2v) is 46.4. The molecule has 0 aliphatic heterocycles. The molecule has 4 bridgehead atoms. The van der Waals surface area contributed by atoms with Gasteiger partial charge in [0.15, 0.2) is 0 Å². The van der Waals surface area contributed by atoms with Crippen molar-refractivity contribution < 1.29 is 95.3 Å². The van der Waals surface area contributed by atoms with E-state index in [4.69, 9.17) is 47.4 Å². The predicted octanol–water partition coefficient (Wildman–Crippen LogP) is 30.3. The van der Waals surface area contributed by atoms with Crippen LogP contribution in [-0.4, -0.2) is 116 Å². The normalized spacial score (nSPS) is 21.5. The van der Waals surface area contributed by atoms with Crippen LogP contribution in [0.3, 0.4) is 0 Å². The molecule has 0 heterocycles. The summed E-state index contributed by atoms with van der Waals surface area (Å²) < 4.78 is 54.9. The maximum atomic E-state index is 11.9. The zero-order valence-electron chi connectivity index (χ0n) is 93.0. The topological polar surface area (TPSA) is 263 Å². The Morgan fingerprint density at radius 1 is 0.297 bits per heavy atom. The molecule has 0 radical (unpaired) electrons. The molecule has 0 amide bonds. The van der Waals surface area contributed by atoms with E-state index in [1.165, 1.54) is 128 Å². The van der Waals surface area contributed by atoms with E-state index in [0.717, 1.165) is 146 Å². The quantitative estimate of drug-likeness (QED) is 0.0420. The Morgan fingerprint density at radius 2 is 0.543 bits per heavy atom. The van der Waals surface area contributed by atoms with Crippen LogP contribution in [0.15, 0.2) is 122 Å². The van der Waals surface area contributed by atoms with E-state index in [2.05, 4.69) is 156 Å². The number of carbonyl (C=O) groups is 10. The fourth-order valence-electron chi connectivity index (χ4n) is 20.2. The molecular formula is C118H196O20. The zero-order chi connectivity index (χ0) is 106. The Kier molecular flexibility index (Phi) is 53.3. The molecule has 0 N–H and O–H groups in total. The minimum absolute atomic E-state index is 0.00854. The Labute approximate surface area is 838 Å². The molecule has 1 atom stereocenters. The Balaban J connectivity index is 0.000000770. The van der Waals surface area contributed by atoms with Gasteiger partial charge in [0.1, 0.15) is 56.0 Å². The van der Waals surface area contributed by atoms with Gasteiger partial charge in [0.2, 0.25) is 0 Å². The lowest BCUT2D eigenvalue weighted by molar-refractivity contribution is -0.195. The van der Waals surface area contributed by atoms with Crippen LogP contribution in [0.25, 0.3) is 0 Å². The highest BCUT2D eigenvalue weighted by molar-refractivity contribution is 5.91. The van der Waals surface area contributed by atoms with Crippen molar-refractivity contribution in [1.29, 1.82) is 0 Å². The summed E-state index contributed by atoms with van der Waals surface area (Å²) >= 11 is 0. The van der Waals surface area contributed by atoms with Crippen LogP contribution < -0.4 is 0 Å². The van der Waals surface area contributed by atoms with Crippen molar-refractivity contribution in [1.82, 2.24) is 0 Å². The lowest BCUT2D eigenvalue weighted by Gasteiger charge is -2.61. The summed E-state index contributed by atoms with van der Waals surface area (Å²) in [4.78, 5) is 114. The molecule has 138 heavy (non-hydrogen) atoms. The van der Waals surface area contributed by atoms with Crippen LogP contribution in [0.1, 0.15) is 465 Å². The van der Waals surface area contributed by atoms with E-state index in [0.29, 0.717) is 73.5 Å². The van der Waals surface area contributed by atoms with Gasteiger partial charge in [-0.2, -0.15) is 0 Å². The van der Waals surface area contributed by atoms with Crippen molar-refractivity contribution in [3.05, 3.63) is 122 Å². The van der Waals surface area contributed by atoms with Gasteiger partial charge in [0.25, 0.3) is 0 Å². The van der Waals surface area contributed by atoms with Crippen molar-refractivity contribution in [3.63, 3.8) is 0 Å². The number of hydrogen-bond donors (Lipinski definition) is 0. The second kappa shape index (κ2) is 57.4. The van der Waals surface area contributed by atoms with Gasteiger partial charge in [-0.3, -0.25) is 0 Å². The monoisotopic (exact) mass is 1930 g/mol. The maximum absolute atomic E-state index is 11.9. The molecule has 11 aliphatic carbocycles. The summed E-state index contributed by atoms with van der Waals surface area (Å²) in [6.07, 6.45) is 44.7. The molecule has 0 aromatic rings. The van der Waals surface area contributed by atoms with E-state index in [1.807, 2.05) is 48.5 Å². The minimum Gasteiger partial charge on any atom is -0.457 e. The van der Waals surface area contributed by atoms with Gasteiger partial charge < -0.3 is 47.4 Å². The third-order valence-corrected chi connectivity index (χ3v) is 30.1. The van der Waals surface area contributed by atoms with Crippen LogP contribution >= 0.6 is 0 Å². The highest BCUT2D eigenvalue weighted by Crippen LogP contribution is 2.64. The molecule has 0 spiro atoms. The summed E-state index contributed by atoms with van der Waals surface area (Å²) in [5, 5.41) is 0. The zero-order valence-corrected chi connectivity index (χ0v) is 93.0. The Morgan fingerprint density at radius 3 is 0.819 bits per heavy atom. The summed E-state index contributed by atoms with van der Waals surface area (Å²) in [5.41, 5.74) is 2.52. The number of ether oxygens (including phenoxy) is 10. The average molecular weight is 1930 g/mol. The van der Waals surface area contributed by atoms with Crippen molar-refractivity contribution in [3.8, 4) is 0 Å². The molecule has 20 nitrogen and oxygen atoms in total. The number of esters is 10. The van der Waals surface area contributed by atoms with Gasteiger partial charge in [0.05, 0.1) is 0 Å². The average Bonchev–Trinajstić information content (AvgIpc) is 0.971. The van der Waals surface area contributed by atoms with E-state index in [1.54, 1.807) is 69.2 Å². The number of hydrogen-bond acceptors (Lipinski definition) is 20. The molecule has 0 saturated heterocycles. The Hall–Kier alpha value is -7.90. The van der Waals surface area contributed by atoms with E-state index >= 15 is 0 Å². The maximum Gasteiger partial charge on any atom is 0.333 e. The van der Waals surface area contributed by atoms with Crippen LogP contribution in [-0.2, 0) is 95.3 Å². The summed E-state index contributed by atoms with van der Waals surface area (Å²) in [5.74, 6) is 1.38. The van der Waals surface area contributed by atoms with Crippen LogP contribution in [0.4, 0.5) is 0 Å². The fraction of sp³-hybridized carbons (Fsp3) is 0.746. The summed E-state index contributed by atoms with van der Waals surface area (Å²) in [6, 6.07) is 0. The van der Waals surface area contributed by atoms with Gasteiger partial charge >= 0.3 is 59.7 Å². The molecule has 11 rings (SSSR count). The standard InChI is InChI=1S/C17H26O2.3C13H22O2.2C12H20O2.C11H18O2.C10H16O2.C9H16O2.C8H14O2/c1-11(2)15(18)19-16(3,4)17-8-12-5-13(9-17)7-14(6-12)10-17;1-10(2)11(14)15-13(12(3,4)5)8-6-7-9-13;1-10(2)12(14)15-13(11(3)4)8-6-5-7-9-13;1-5-11(4)13(8-6-7-9-13)15-12(14)10(2)3;1-9(2)11(13)14-12(10(3)4)7-5-6-8-12;1-4-12(8-6-5-7-9-12)14-11(13)10(2)3;1-4-11(7-5-6-8-11)13-10(12)9(2)3;1-8(2)9(11)12-10(3)6-4-5-7-10;1-6-9(4,5)11-8(10)7(2)3;1-6(2)7(9)10-8(3,4)5/h12-14H,1,5-10H2,2-4H3;1,6-9H2,2-5H3;11H,1,5-9H2,2-4H3;11H,2,5-9H2,1,3-4H3;10H,1,5-8H2,2-4H3;2,4-9H2,1,3H3;2,4-8H2,1,3H3;1,4-7H2,2-3H3;2,6H2,1,3-5H3;1H2,2-5H3. The largest absolute Gasteiger partial charge is 0.457 e. The van der Waals surface area contributed by atoms with Gasteiger partial charge in [-0.1, -0.05) is 162 Å². The third-order valence-electron chi connectivity index (χ3n) is 30.1. The predicted molar refractivity (Wildman–Crippen MR) is 560 cm³/mol. The summed E-state index contributed by atoms with van der Waals surface area (Å²) in [6.45, 7) is 93.8. The molecule has 788 valence electrons. The lowest BCUT2D eigenvalue weighted by Crippen LogP contribution is -2.57. The van der Waals surface area contributed by atoms with Crippen molar-refractivity contribution in [2.75, 3.05) is 0 Å². The second-order valence-electron chi connectivity index (χ2n) is 46.4. The smallest absolute Gasteiger partial charge is 0.333 e. The van der Waals surface area contributed by atoms with Gasteiger partial charge in [-0.25, -0.2) is 47.9 Å². The van der Waals surface area contributed by atoms with Crippen LogP contribution in [0.5, 0.6) is 0 Å². The van der Waals surface area contributed by atoms with Crippen molar-refractivity contribution >= 4 is 59.7 Å². The van der Waals surface area contributed by atoms with Gasteiger partial charge in [0, 0.05) is 66.6 Å². The first kappa shape index (κ1) is 128. The van der Waals surface area contributed by atoms with Gasteiger partial charge in [-0.15, -0.1) is 0 Å². The molecule has 20 heteroatoms. The summed E-state index contributed by atoms with van der Waals surface area (Å²) in [7, 11) is 0. The number of carbonyl (C=O) groups excluding carboxylic acids is 10. The molecule has 11 aliphatic rings. The molecule has 1 unspecified atom stereocenters. The molecule has 0 aromatic carbocycles. The first-order valence-electron chi connectivity index (χ1n) is 52.4. The first-order valence-corrected chi connectivity index (χ1v) is 52.4. The highest BCUT2D eigenvalue weighted by atomic mass is 16.6. The van der Waals surface area contributed by atoms with E-state index in [9.17, 15) is 47.9 Å². The molecule has 11 fully saturated rings.